The lowest BCUT2D eigenvalue weighted by molar-refractivity contribution is 0.242. The van der Waals surface area contributed by atoms with Crippen LogP contribution in [0.1, 0.15) is 31.0 Å². The third kappa shape index (κ3) is 3.58. The van der Waals surface area contributed by atoms with E-state index in [9.17, 15) is 4.39 Å². The zero-order valence-electron chi connectivity index (χ0n) is 11.4. The molecule has 2 nitrogen and oxygen atoms in total. The molecule has 2 aromatic rings. The van der Waals surface area contributed by atoms with E-state index >= 15 is 0 Å². The zero-order valence-corrected chi connectivity index (χ0v) is 13.0. The van der Waals surface area contributed by atoms with E-state index in [2.05, 4.69) is 15.9 Å². The molecule has 1 atom stereocenters. The highest BCUT2D eigenvalue weighted by Crippen LogP contribution is 2.28. The second-order valence-corrected chi connectivity index (χ2v) is 5.73. The summed E-state index contributed by atoms with van der Waals surface area (Å²) >= 11 is 3.35. The summed E-state index contributed by atoms with van der Waals surface area (Å²) in [5.41, 5.74) is 8.03. The van der Waals surface area contributed by atoms with Gasteiger partial charge in [-0.05, 0) is 49.2 Å². The van der Waals surface area contributed by atoms with Gasteiger partial charge in [0.25, 0.3) is 0 Å². The maximum Gasteiger partial charge on any atom is 0.124 e. The van der Waals surface area contributed by atoms with Crippen LogP contribution >= 0.6 is 15.9 Å². The first-order valence-corrected chi connectivity index (χ1v) is 7.24. The topological polar surface area (TPSA) is 35.2 Å². The quantitative estimate of drug-likeness (QED) is 0.895. The van der Waals surface area contributed by atoms with Crippen LogP contribution in [-0.4, -0.2) is 6.10 Å². The number of rotatable bonds is 4. The van der Waals surface area contributed by atoms with Gasteiger partial charge in [-0.2, -0.15) is 0 Å². The fourth-order valence-corrected chi connectivity index (χ4v) is 2.56. The third-order valence-corrected chi connectivity index (χ3v) is 3.60. The van der Waals surface area contributed by atoms with E-state index in [4.69, 9.17) is 10.5 Å². The Morgan fingerprint density at radius 3 is 2.30 bits per heavy atom. The molecule has 20 heavy (non-hydrogen) atoms. The number of nitrogens with two attached hydrogens (primary N) is 1. The van der Waals surface area contributed by atoms with Crippen LogP contribution in [0.2, 0.25) is 0 Å². The predicted molar refractivity (Wildman–Crippen MR) is 82.3 cm³/mol. The monoisotopic (exact) mass is 337 g/mol. The van der Waals surface area contributed by atoms with Gasteiger partial charge in [0, 0.05) is 4.47 Å². The average molecular weight is 338 g/mol. The first-order chi connectivity index (χ1) is 9.47. The van der Waals surface area contributed by atoms with Crippen molar-refractivity contribution in [3.63, 3.8) is 0 Å². The average Bonchev–Trinajstić information content (AvgIpc) is 2.38. The Morgan fingerprint density at radius 1 is 1.10 bits per heavy atom. The van der Waals surface area contributed by atoms with Crippen LogP contribution in [0.25, 0.3) is 0 Å². The first-order valence-electron chi connectivity index (χ1n) is 6.44. The lowest BCUT2D eigenvalue weighted by Gasteiger charge is -2.16. The molecule has 4 heteroatoms. The summed E-state index contributed by atoms with van der Waals surface area (Å²) in [5.74, 6) is 0.530. The van der Waals surface area contributed by atoms with Gasteiger partial charge >= 0.3 is 0 Å². The Balaban J connectivity index is 2.22. The number of hydrogen-bond acceptors (Lipinski definition) is 2. The highest BCUT2D eigenvalue weighted by molar-refractivity contribution is 9.10. The highest BCUT2D eigenvalue weighted by atomic mass is 79.9. The van der Waals surface area contributed by atoms with Gasteiger partial charge in [-0.3, -0.25) is 0 Å². The SMILES string of the molecule is CC(C)Oc1ccc(C(N)c2ccc(F)cc2Br)cc1. The molecule has 0 saturated carbocycles. The maximum absolute atomic E-state index is 13.1. The van der Waals surface area contributed by atoms with E-state index in [1.807, 2.05) is 38.1 Å². The van der Waals surface area contributed by atoms with Crippen LogP contribution in [-0.2, 0) is 0 Å². The minimum atomic E-state index is -0.307. The Kier molecular flexibility index (Phi) is 4.78. The predicted octanol–water partition coefficient (Wildman–Crippen LogP) is 4.42. The Hall–Kier alpha value is -1.39. The van der Waals surface area contributed by atoms with Crippen LogP contribution in [0.5, 0.6) is 5.75 Å². The van der Waals surface area contributed by atoms with E-state index in [0.29, 0.717) is 4.47 Å². The molecule has 0 fully saturated rings. The summed E-state index contributed by atoms with van der Waals surface area (Å²) in [5, 5.41) is 0. The van der Waals surface area contributed by atoms with E-state index < -0.39 is 0 Å². The van der Waals surface area contributed by atoms with Crippen molar-refractivity contribution in [3.05, 3.63) is 63.9 Å². The van der Waals surface area contributed by atoms with E-state index in [0.717, 1.165) is 16.9 Å². The van der Waals surface area contributed by atoms with Gasteiger partial charge in [0.05, 0.1) is 12.1 Å². The molecule has 0 amide bonds. The van der Waals surface area contributed by atoms with E-state index in [1.165, 1.54) is 12.1 Å². The summed E-state index contributed by atoms with van der Waals surface area (Å²) in [6.07, 6.45) is 0.140. The zero-order chi connectivity index (χ0) is 14.7. The molecular formula is C16H17BrFNO. The Labute approximate surface area is 126 Å². The number of benzene rings is 2. The lowest BCUT2D eigenvalue weighted by Crippen LogP contribution is -2.13. The highest BCUT2D eigenvalue weighted by Gasteiger charge is 2.13. The van der Waals surface area contributed by atoms with Crippen LogP contribution in [0.3, 0.4) is 0 Å². The standard InChI is InChI=1S/C16H17BrFNO/c1-10(2)20-13-6-3-11(4-7-13)16(19)14-8-5-12(18)9-15(14)17/h3-10,16H,19H2,1-2H3. The van der Waals surface area contributed by atoms with Gasteiger partial charge in [-0.25, -0.2) is 4.39 Å². The minimum absolute atomic E-state index is 0.140. The van der Waals surface area contributed by atoms with Crippen molar-refractivity contribution in [1.82, 2.24) is 0 Å². The smallest absolute Gasteiger partial charge is 0.124 e. The van der Waals surface area contributed by atoms with Crippen molar-refractivity contribution < 1.29 is 9.13 Å². The molecule has 0 bridgehead atoms. The van der Waals surface area contributed by atoms with Crippen LogP contribution in [0.15, 0.2) is 46.9 Å². The molecule has 0 radical (unpaired) electrons. The molecule has 0 saturated heterocycles. The van der Waals surface area contributed by atoms with Crippen molar-refractivity contribution >= 4 is 15.9 Å². The summed E-state index contributed by atoms with van der Waals surface area (Å²) in [6, 6.07) is 11.9. The summed E-state index contributed by atoms with van der Waals surface area (Å²) in [4.78, 5) is 0. The second-order valence-electron chi connectivity index (χ2n) is 4.88. The number of hydrogen-bond donors (Lipinski definition) is 1. The summed E-state index contributed by atoms with van der Waals surface area (Å²) in [7, 11) is 0. The van der Waals surface area contributed by atoms with Gasteiger partial charge in [0.2, 0.25) is 0 Å². The van der Waals surface area contributed by atoms with Crippen LogP contribution in [0, 0.1) is 5.82 Å². The lowest BCUT2D eigenvalue weighted by atomic mass is 9.99. The molecule has 1 unspecified atom stereocenters. The summed E-state index contributed by atoms with van der Waals surface area (Å²) in [6.45, 7) is 3.96. The van der Waals surface area contributed by atoms with Crippen molar-refractivity contribution in [2.45, 2.75) is 26.0 Å². The van der Waals surface area contributed by atoms with Gasteiger partial charge in [-0.1, -0.05) is 34.1 Å². The fraction of sp³-hybridized carbons (Fsp3) is 0.250. The van der Waals surface area contributed by atoms with Gasteiger partial charge < -0.3 is 10.5 Å². The molecule has 0 aliphatic rings. The van der Waals surface area contributed by atoms with Crippen molar-refractivity contribution in [3.8, 4) is 5.75 Å². The molecule has 2 rings (SSSR count). The van der Waals surface area contributed by atoms with Gasteiger partial charge in [0.15, 0.2) is 0 Å². The number of halogens is 2. The van der Waals surface area contributed by atoms with Gasteiger partial charge in [0.1, 0.15) is 11.6 Å². The Morgan fingerprint density at radius 2 is 1.75 bits per heavy atom. The largest absolute Gasteiger partial charge is 0.491 e. The molecule has 106 valence electrons. The van der Waals surface area contributed by atoms with Crippen LogP contribution < -0.4 is 10.5 Å². The van der Waals surface area contributed by atoms with Crippen molar-refractivity contribution in [1.29, 1.82) is 0 Å². The maximum atomic E-state index is 13.1. The van der Waals surface area contributed by atoms with E-state index in [1.54, 1.807) is 6.07 Å². The van der Waals surface area contributed by atoms with Crippen LogP contribution in [0.4, 0.5) is 4.39 Å². The normalized spacial score (nSPS) is 12.5. The molecule has 0 aromatic heterocycles. The second kappa shape index (κ2) is 6.37. The fourth-order valence-electron chi connectivity index (χ4n) is 1.96. The molecule has 0 aliphatic heterocycles. The molecule has 2 aromatic carbocycles. The number of ether oxygens (including phenoxy) is 1. The third-order valence-electron chi connectivity index (χ3n) is 2.91. The minimum Gasteiger partial charge on any atom is -0.491 e. The molecule has 0 aliphatic carbocycles. The van der Waals surface area contributed by atoms with Crippen molar-refractivity contribution in [2.24, 2.45) is 5.73 Å². The van der Waals surface area contributed by atoms with Gasteiger partial charge in [-0.15, -0.1) is 0 Å². The molecular weight excluding hydrogens is 321 g/mol. The first kappa shape index (κ1) is 15.0. The summed E-state index contributed by atoms with van der Waals surface area (Å²) < 4.78 is 19.4. The molecule has 2 N–H and O–H groups in total. The Bertz CT molecular complexity index is 584. The molecule has 0 heterocycles. The van der Waals surface area contributed by atoms with Crippen molar-refractivity contribution in [2.75, 3.05) is 0 Å². The van der Waals surface area contributed by atoms with E-state index in [-0.39, 0.29) is 18.0 Å². The molecule has 0 spiro atoms.